The molecule has 0 aliphatic carbocycles. The Hall–Kier alpha value is -0.950. The van der Waals surface area contributed by atoms with Crippen molar-refractivity contribution in [3.63, 3.8) is 0 Å². The van der Waals surface area contributed by atoms with Crippen LogP contribution in [0.1, 0.15) is 32.3 Å². The van der Waals surface area contributed by atoms with Crippen LogP contribution in [0.5, 0.6) is 5.75 Å². The average Bonchev–Trinajstić information content (AvgIpc) is 2.19. The lowest BCUT2D eigenvalue weighted by atomic mass is 10.0. The molecule has 1 aromatic rings. The molecule has 82 valence electrons. The van der Waals surface area contributed by atoms with Gasteiger partial charge in [0.2, 0.25) is 0 Å². The summed E-state index contributed by atoms with van der Waals surface area (Å²) in [4.78, 5) is 0. The number of hydrogen-bond donors (Lipinski definition) is 0. The maximum absolute atomic E-state index is 6.12. The van der Waals surface area contributed by atoms with Crippen LogP contribution in [-0.4, -0.2) is 6.10 Å². The minimum Gasteiger partial charge on any atom is -0.489 e. The van der Waals surface area contributed by atoms with Crippen LogP contribution < -0.4 is 4.74 Å². The molecule has 2 heteroatoms. The largest absolute Gasteiger partial charge is 0.489 e. The number of ether oxygens (including phenoxy) is 1. The predicted octanol–water partition coefficient (Wildman–Crippen LogP) is 4.42. The van der Waals surface area contributed by atoms with Gasteiger partial charge in [-0.3, -0.25) is 0 Å². The second kappa shape index (κ2) is 5.22. The van der Waals surface area contributed by atoms with E-state index in [-0.39, 0.29) is 6.10 Å². The van der Waals surface area contributed by atoms with Gasteiger partial charge >= 0.3 is 0 Å². The highest BCUT2D eigenvalue weighted by molar-refractivity contribution is 6.32. The zero-order valence-corrected chi connectivity index (χ0v) is 10.2. The van der Waals surface area contributed by atoms with Crippen molar-refractivity contribution in [2.75, 3.05) is 0 Å². The minimum atomic E-state index is 0.144. The van der Waals surface area contributed by atoms with Crippen molar-refractivity contribution >= 4 is 11.6 Å². The lowest BCUT2D eigenvalue weighted by molar-refractivity contribution is 0.242. The fourth-order valence-electron chi connectivity index (χ4n) is 1.29. The molecule has 0 saturated heterocycles. The van der Waals surface area contributed by atoms with E-state index < -0.39 is 0 Å². The third-order valence-corrected chi connectivity index (χ3v) is 2.49. The first-order chi connectivity index (χ1) is 7.04. The van der Waals surface area contributed by atoms with Crippen molar-refractivity contribution in [1.82, 2.24) is 0 Å². The molecule has 15 heavy (non-hydrogen) atoms. The molecule has 0 amide bonds. The van der Waals surface area contributed by atoms with Crippen LogP contribution in [0.4, 0.5) is 0 Å². The van der Waals surface area contributed by atoms with E-state index in [1.54, 1.807) is 0 Å². The van der Waals surface area contributed by atoms with Crippen LogP contribution in [0.2, 0.25) is 5.02 Å². The van der Waals surface area contributed by atoms with Crippen LogP contribution in [0, 0.1) is 0 Å². The van der Waals surface area contributed by atoms with E-state index in [1.807, 2.05) is 38.1 Å². The third-order valence-electron chi connectivity index (χ3n) is 2.20. The lowest BCUT2D eigenvalue weighted by Gasteiger charge is -2.13. The summed E-state index contributed by atoms with van der Waals surface area (Å²) in [6, 6.07) is 5.87. The van der Waals surface area contributed by atoms with Crippen molar-refractivity contribution in [2.24, 2.45) is 0 Å². The summed E-state index contributed by atoms with van der Waals surface area (Å²) >= 11 is 6.12. The molecular formula is C13H17ClO. The summed E-state index contributed by atoms with van der Waals surface area (Å²) in [7, 11) is 0. The van der Waals surface area contributed by atoms with E-state index in [1.165, 1.54) is 0 Å². The molecule has 0 radical (unpaired) electrons. The molecule has 1 unspecified atom stereocenters. The number of halogens is 1. The van der Waals surface area contributed by atoms with Crippen molar-refractivity contribution in [3.05, 3.63) is 41.4 Å². The van der Waals surface area contributed by atoms with Gasteiger partial charge in [0.1, 0.15) is 5.75 Å². The molecule has 1 aromatic carbocycles. The number of allylic oxidation sites excluding steroid dienone is 1. The van der Waals surface area contributed by atoms with E-state index in [9.17, 15) is 0 Å². The molecule has 0 aromatic heterocycles. The number of hydrogen-bond acceptors (Lipinski definition) is 1. The second-order valence-corrected chi connectivity index (χ2v) is 4.29. The summed E-state index contributed by atoms with van der Waals surface area (Å²) in [5.74, 6) is 1.06. The highest BCUT2D eigenvalue weighted by atomic mass is 35.5. The Balaban J connectivity index is 2.92. The van der Waals surface area contributed by atoms with Gasteiger partial charge in [0.05, 0.1) is 11.1 Å². The first kappa shape index (κ1) is 12.1. The van der Waals surface area contributed by atoms with Crippen LogP contribution in [0.3, 0.4) is 0 Å². The Labute approximate surface area is 96.7 Å². The van der Waals surface area contributed by atoms with Gasteiger partial charge in [0.15, 0.2) is 0 Å². The van der Waals surface area contributed by atoms with Gasteiger partial charge in [-0.1, -0.05) is 30.7 Å². The standard InChI is InChI=1S/C13H17ClO/c1-5-10(4)11-6-7-13(12(14)8-11)15-9(2)3/h5-10H,1H2,2-4H3. The smallest absolute Gasteiger partial charge is 0.138 e. The quantitative estimate of drug-likeness (QED) is 0.688. The van der Waals surface area contributed by atoms with E-state index in [0.29, 0.717) is 10.9 Å². The van der Waals surface area contributed by atoms with Crippen LogP contribution in [-0.2, 0) is 0 Å². The second-order valence-electron chi connectivity index (χ2n) is 3.88. The molecule has 0 N–H and O–H groups in total. The summed E-state index contributed by atoms with van der Waals surface area (Å²) in [5, 5.41) is 0.662. The van der Waals surface area contributed by atoms with Gasteiger partial charge in [-0.2, -0.15) is 0 Å². The number of benzene rings is 1. The van der Waals surface area contributed by atoms with Gasteiger partial charge in [-0.15, -0.1) is 6.58 Å². The molecule has 0 aliphatic heterocycles. The van der Waals surface area contributed by atoms with E-state index in [2.05, 4.69) is 13.5 Å². The lowest BCUT2D eigenvalue weighted by Crippen LogP contribution is -2.06. The van der Waals surface area contributed by atoms with E-state index >= 15 is 0 Å². The fraction of sp³-hybridized carbons (Fsp3) is 0.385. The molecule has 0 aliphatic rings. The van der Waals surface area contributed by atoms with E-state index in [4.69, 9.17) is 16.3 Å². The summed E-state index contributed by atoms with van der Waals surface area (Å²) in [5.41, 5.74) is 1.16. The molecule has 0 spiro atoms. The molecule has 1 rings (SSSR count). The van der Waals surface area contributed by atoms with Gasteiger partial charge in [-0.05, 0) is 37.5 Å². The van der Waals surface area contributed by atoms with Crippen molar-refractivity contribution in [3.8, 4) is 5.75 Å². The molecule has 0 saturated carbocycles. The molecule has 1 nitrogen and oxygen atoms in total. The SMILES string of the molecule is C=CC(C)c1ccc(OC(C)C)c(Cl)c1. The van der Waals surface area contributed by atoms with Crippen molar-refractivity contribution in [2.45, 2.75) is 32.8 Å². The zero-order chi connectivity index (χ0) is 11.4. The Kier molecular flexibility index (Phi) is 4.22. The highest BCUT2D eigenvalue weighted by Crippen LogP contribution is 2.29. The van der Waals surface area contributed by atoms with Gasteiger partial charge in [0, 0.05) is 0 Å². The molecular weight excluding hydrogens is 208 g/mol. The third kappa shape index (κ3) is 3.28. The average molecular weight is 225 g/mol. The molecule has 1 atom stereocenters. The molecule has 0 fully saturated rings. The first-order valence-corrected chi connectivity index (χ1v) is 5.51. The van der Waals surface area contributed by atoms with Crippen LogP contribution >= 0.6 is 11.6 Å². The fourth-order valence-corrected chi connectivity index (χ4v) is 1.52. The Morgan fingerprint density at radius 1 is 1.33 bits per heavy atom. The molecule has 0 heterocycles. The zero-order valence-electron chi connectivity index (χ0n) is 9.46. The Bertz CT molecular complexity index is 344. The summed E-state index contributed by atoms with van der Waals surface area (Å²) in [6.45, 7) is 9.81. The van der Waals surface area contributed by atoms with Gasteiger partial charge < -0.3 is 4.74 Å². The van der Waals surface area contributed by atoms with Crippen molar-refractivity contribution in [1.29, 1.82) is 0 Å². The first-order valence-electron chi connectivity index (χ1n) is 5.13. The van der Waals surface area contributed by atoms with Gasteiger partial charge in [0.25, 0.3) is 0 Å². The highest BCUT2D eigenvalue weighted by Gasteiger charge is 2.07. The molecule has 0 bridgehead atoms. The maximum Gasteiger partial charge on any atom is 0.138 e. The van der Waals surface area contributed by atoms with E-state index in [0.717, 1.165) is 11.3 Å². The minimum absolute atomic E-state index is 0.144. The topological polar surface area (TPSA) is 9.23 Å². The Morgan fingerprint density at radius 3 is 2.47 bits per heavy atom. The van der Waals surface area contributed by atoms with Gasteiger partial charge in [-0.25, -0.2) is 0 Å². The maximum atomic E-state index is 6.12. The summed E-state index contributed by atoms with van der Waals surface area (Å²) < 4.78 is 5.56. The Morgan fingerprint density at radius 2 is 2.00 bits per heavy atom. The van der Waals surface area contributed by atoms with Crippen molar-refractivity contribution < 1.29 is 4.74 Å². The number of rotatable bonds is 4. The predicted molar refractivity (Wildman–Crippen MR) is 65.8 cm³/mol. The van der Waals surface area contributed by atoms with Crippen LogP contribution in [0.25, 0.3) is 0 Å². The summed E-state index contributed by atoms with van der Waals surface area (Å²) in [6.07, 6.45) is 2.04. The van der Waals surface area contributed by atoms with Crippen LogP contribution in [0.15, 0.2) is 30.9 Å². The normalized spacial score (nSPS) is 12.6. The monoisotopic (exact) mass is 224 g/mol.